The Hall–Kier alpha value is -1.95. The third-order valence-electron chi connectivity index (χ3n) is 3.87. The molecular formula is C15H17NO5. The van der Waals surface area contributed by atoms with Gasteiger partial charge in [0.15, 0.2) is 17.6 Å². The van der Waals surface area contributed by atoms with Crippen molar-refractivity contribution in [2.45, 2.75) is 38.0 Å². The van der Waals surface area contributed by atoms with Crippen LogP contribution in [-0.4, -0.2) is 31.5 Å². The second-order valence-electron chi connectivity index (χ2n) is 5.53. The molecule has 1 aromatic rings. The molecule has 1 aromatic carbocycles. The highest BCUT2D eigenvalue weighted by atomic mass is 16.7. The van der Waals surface area contributed by atoms with Gasteiger partial charge in [0.1, 0.15) is 5.75 Å². The minimum Gasteiger partial charge on any atom is -0.478 e. The van der Waals surface area contributed by atoms with Gasteiger partial charge in [-0.05, 0) is 18.9 Å². The summed E-state index contributed by atoms with van der Waals surface area (Å²) in [5, 5.41) is 3.45. The fourth-order valence-corrected chi connectivity index (χ4v) is 2.49. The number of benzene rings is 1. The summed E-state index contributed by atoms with van der Waals surface area (Å²) >= 11 is 0. The van der Waals surface area contributed by atoms with E-state index in [1.807, 2.05) is 6.07 Å². The van der Waals surface area contributed by atoms with Gasteiger partial charge in [0.25, 0.3) is 0 Å². The first-order valence-electron chi connectivity index (χ1n) is 7.29. The van der Waals surface area contributed by atoms with E-state index in [0.29, 0.717) is 37.1 Å². The fraction of sp³-hybridized carbons (Fsp3) is 0.533. The van der Waals surface area contributed by atoms with Crippen LogP contribution in [0.3, 0.4) is 0 Å². The van der Waals surface area contributed by atoms with E-state index in [4.69, 9.17) is 18.9 Å². The summed E-state index contributed by atoms with van der Waals surface area (Å²) in [5.74, 6) is 1.75. The Kier molecular flexibility index (Phi) is 3.11. The predicted molar refractivity (Wildman–Crippen MR) is 72.4 cm³/mol. The third-order valence-corrected chi connectivity index (χ3v) is 3.87. The molecule has 0 bridgehead atoms. The number of hydrogen-bond acceptors (Lipinski definition) is 6. The number of carbonyl (C=O) groups is 1. The topological polar surface area (TPSA) is 66.0 Å². The summed E-state index contributed by atoms with van der Waals surface area (Å²) in [7, 11) is 0. The van der Waals surface area contributed by atoms with Crippen molar-refractivity contribution in [3.63, 3.8) is 0 Å². The molecule has 1 N–H and O–H groups in total. The SMILES string of the molecule is O=C1OCCC1Oc1cc2c(cc1CNC1CC1)OCO2. The highest BCUT2D eigenvalue weighted by Gasteiger charge is 2.30. The lowest BCUT2D eigenvalue weighted by molar-refractivity contribution is -0.143. The molecular weight excluding hydrogens is 274 g/mol. The summed E-state index contributed by atoms with van der Waals surface area (Å²) in [6.45, 7) is 1.34. The first-order valence-corrected chi connectivity index (χ1v) is 7.29. The average molecular weight is 291 g/mol. The molecule has 1 atom stereocenters. The highest BCUT2D eigenvalue weighted by molar-refractivity contribution is 5.77. The first-order chi connectivity index (χ1) is 10.3. The van der Waals surface area contributed by atoms with Gasteiger partial charge in [-0.3, -0.25) is 0 Å². The smallest absolute Gasteiger partial charge is 0.347 e. The van der Waals surface area contributed by atoms with Gasteiger partial charge in [-0.2, -0.15) is 0 Å². The molecule has 3 aliphatic rings. The lowest BCUT2D eigenvalue weighted by Crippen LogP contribution is -2.23. The lowest BCUT2D eigenvalue weighted by atomic mass is 10.1. The molecule has 2 fully saturated rings. The quantitative estimate of drug-likeness (QED) is 0.826. The average Bonchev–Trinajstić information content (AvgIpc) is 3.06. The van der Waals surface area contributed by atoms with Crippen LogP contribution in [0.2, 0.25) is 0 Å². The maximum Gasteiger partial charge on any atom is 0.347 e. The van der Waals surface area contributed by atoms with Crippen molar-refractivity contribution in [2.24, 2.45) is 0 Å². The van der Waals surface area contributed by atoms with Crippen LogP contribution in [-0.2, 0) is 16.1 Å². The molecule has 0 amide bonds. The maximum absolute atomic E-state index is 11.6. The van der Waals surface area contributed by atoms with E-state index >= 15 is 0 Å². The second kappa shape index (κ2) is 5.11. The van der Waals surface area contributed by atoms with Crippen molar-refractivity contribution in [3.05, 3.63) is 17.7 Å². The van der Waals surface area contributed by atoms with Gasteiger partial charge in [0.05, 0.1) is 6.61 Å². The van der Waals surface area contributed by atoms with Gasteiger partial charge in [-0.15, -0.1) is 0 Å². The Bertz CT molecular complexity index is 569. The third kappa shape index (κ3) is 2.63. The van der Waals surface area contributed by atoms with Crippen LogP contribution in [0.1, 0.15) is 24.8 Å². The van der Waals surface area contributed by atoms with Gasteiger partial charge in [-0.25, -0.2) is 4.79 Å². The summed E-state index contributed by atoms with van der Waals surface area (Å²) in [6.07, 6.45) is 2.50. The van der Waals surface area contributed by atoms with Crippen LogP contribution in [0.25, 0.3) is 0 Å². The monoisotopic (exact) mass is 291 g/mol. The number of rotatable bonds is 5. The molecule has 1 unspecified atom stereocenters. The van der Waals surface area contributed by atoms with Crippen LogP contribution in [0, 0.1) is 0 Å². The molecule has 2 heterocycles. The molecule has 0 radical (unpaired) electrons. The van der Waals surface area contributed by atoms with Crippen LogP contribution in [0.5, 0.6) is 17.2 Å². The molecule has 21 heavy (non-hydrogen) atoms. The van der Waals surface area contributed by atoms with Crippen molar-refractivity contribution in [1.29, 1.82) is 0 Å². The van der Waals surface area contributed by atoms with Crippen LogP contribution >= 0.6 is 0 Å². The molecule has 1 aliphatic carbocycles. The van der Waals surface area contributed by atoms with Crippen molar-refractivity contribution in [3.8, 4) is 17.2 Å². The zero-order chi connectivity index (χ0) is 14.2. The van der Waals surface area contributed by atoms with Crippen molar-refractivity contribution < 1.29 is 23.7 Å². The first kappa shape index (κ1) is 12.8. The molecule has 1 saturated heterocycles. The van der Waals surface area contributed by atoms with Gasteiger partial charge >= 0.3 is 5.97 Å². The van der Waals surface area contributed by atoms with Crippen LogP contribution < -0.4 is 19.5 Å². The van der Waals surface area contributed by atoms with Crippen molar-refractivity contribution >= 4 is 5.97 Å². The molecule has 6 heteroatoms. The minimum absolute atomic E-state index is 0.222. The molecule has 112 valence electrons. The van der Waals surface area contributed by atoms with E-state index in [2.05, 4.69) is 5.32 Å². The molecule has 0 spiro atoms. The summed E-state index contributed by atoms with van der Waals surface area (Å²) in [4.78, 5) is 11.6. The largest absolute Gasteiger partial charge is 0.478 e. The summed E-state index contributed by atoms with van der Waals surface area (Å²) in [5.41, 5.74) is 0.978. The Balaban J connectivity index is 1.57. The van der Waals surface area contributed by atoms with E-state index < -0.39 is 6.10 Å². The number of carbonyl (C=O) groups excluding carboxylic acids is 1. The number of nitrogens with one attached hydrogen (secondary N) is 1. The van der Waals surface area contributed by atoms with Crippen LogP contribution in [0.4, 0.5) is 0 Å². The fourth-order valence-electron chi connectivity index (χ4n) is 2.49. The van der Waals surface area contributed by atoms with E-state index in [9.17, 15) is 4.79 Å². The Morgan fingerprint density at radius 2 is 1.95 bits per heavy atom. The van der Waals surface area contributed by atoms with Gasteiger partial charge in [0, 0.05) is 30.6 Å². The van der Waals surface area contributed by atoms with E-state index in [-0.39, 0.29) is 12.8 Å². The predicted octanol–water partition coefficient (Wildman–Crippen LogP) is 1.36. The van der Waals surface area contributed by atoms with Gasteiger partial charge in [0.2, 0.25) is 6.79 Å². The second-order valence-corrected chi connectivity index (χ2v) is 5.53. The number of fused-ring (bicyclic) bond motifs is 1. The zero-order valence-electron chi connectivity index (χ0n) is 11.6. The molecule has 0 aromatic heterocycles. The van der Waals surface area contributed by atoms with Crippen molar-refractivity contribution in [1.82, 2.24) is 5.32 Å². The zero-order valence-corrected chi connectivity index (χ0v) is 11.6. The van der Waals surface area contributed by atoms with E-state index in [0.717, 1.165) is 11.3 Å². The minimum atomic E-state index is -0.523. The number of cyclic esters (lactones) is 1. The normalized spacial score (nSPS) is 23.2. The van der Waals surface area contributed by atoms with Crippen molar-refractivity contribution in [2.75, 3.05) is 13.4 Å². The number of ether oxygens (including phenoxy) is 4. The number of esters is 1. The van der Waals surface area contributed by atoms with E-state index in [1.165, 1.54) is 12.8 Å². The van der Waals surface area contributed by atoms with Crippen LogP contribution in [0.15, 0.2) is 12.1 Å². The summed E-state index contributed by atoms with van der Waals surface area (Å²) in [6, 6.07) is 4.32. The Morgan fingerprint density at radius 3 is 2.67 bits per heavy atom. The molecule has 2 aliphatic heterocycles. The van der Waals surface area contributed by atoms with E-state index in [1.54, 1.807) is 6.07 Å². The highest BCUT2D eigenvalue weighted by Crippen LogP contribution is 2.39. The number of hydrogen-bond donors (Lipinski definition) is 1. The van der Waals surface area contributed by atoms with Gasteiger partial charge < -0.3 is 24.3 Å². The Labute approximate surface area is 122 Å². The lowest BCUT2D eigenvalue weighted by Gasteiger charge is -2.15. The molecule has 6 nitrogen and oxygen atoms in total. The van der Waals surface area contributed by atoms with Gasteiger partial charge in [-0.1, -0.05) is 0 Å². The molecule has 4 rings (SSSR count). The summed E-state index contributed by atoms with van der Waals surface area (Å²) < 4.78 is 21.6. The maximum atomic E-state index is 11.6. The standard InChI is InChI=1S/C15H17NO5/c17-15-11(3-4-18-15)21-12-6-14-13(19-8-20-14)5-9(12)7-16-10-1-2-10/h5-6,10-11,16H,1-4,7-8H2. The Morgan fingerprint density at radius 1 is 1.14 bits per heavy atom. The molecule has 1 saturated carbocycles.